The first kappa shape index (κ1) is 72.1. The van der Waals surface area contributed by atoms with Crippen molar-refractivity contribution in [2.24, 2.45) is 29.6 Å². The van der Waals surface area contributed by atoms with E-state index in [1.165, 1.54) is 61.6 Å². The van der Waals surface area contributed by atoms with Gasteiger partial charge in [-0.3, -0.25) is 38.4 Å². The van der Waals surface area contributed by atoms with Gasteiger partial charge in [0.15, 0.2) is 12.1 Å². The topological polar surface area (TPSA) is 235 Å². The highest BCUT2D eigenvalue weighted by Gasteiger charge is 2.48. The Labute approximate surface area is 539 Å². The standard InChI is InChI=1S/C72H100N8O11/c1-17-46(9)58-69(87)77(14)59(44(5)6)64(82)73-54(39-43(3)4)67(85)79(16)62(72(11,12)90)71(89)91-61(47(10)18-2)70(88)78(15)60(45(7)8)65(83)74-55(41-48-27-21-19-22-28-48)66(84)76(13)57(68(86)80-38-26-33-56(80)63(81)75-58)42-49-29-25-32-53(40-49)52-36-34-51(35-37-52)50-30-23-20-24-31-50/h19-25,27-32,34-37,40,43-47,54-62,90H,17-18,26,33,38-39,41-42H2,1-16H3,(H,73,82)(H,74,83)(H,75,81)/t46?,47?,54-,55-,56-,57-,58-,59-,60-,61+,62+/m0/s1. The van der Waals surface area contributed by atoms with Crippen LogP contribution in [-0.4, -0.2) is 178 Å². The molecule has 2 heterocycles. The molecule has 0 bridgehead atoms. The summed E-state index contributed by atoms with van der Waals surface area (Å²) in [5.41, 5.74) is 3.27. The molecule has 2 aliphatic heterocycles. The second kappa shape index (κ2) is 31.9. The fraction of sp³-hybridized carbons (Fsp3) is 0.542. The van der Waals surface area contributed by atoms with E-state index in [1.54, 1.807) is 53.7 Å². The van der Waals surface area contributed by atoms with Crippen LogP contribution in [0.1, 0.15) is 126 Å². The van der Waals surface area contributed by atoms with Gasteiger partial charge < -0.3 is 50.3 Å². The average molecular weight is 1250 g/mol. The molecule has 2 saturated heterocycles. The Balaban J connectivity index is 1.52. The Morgan fingerprint density at radius 1 is 0.527 bits per heavy atom. The number of fused-ring (bicyclic) bond motifs is 1. The summed E-state index contributed by atoms with van der Waals surface area (Å²) in [6, 6.07) is 24.6. The van der Waals surface area contributed by atoms with E-state index in [-0.39, 0.29) is 38.1 Å². The zero-order valence-electron chi connectivity index (χ0n) is 56.4. The quantitative estimate of drug-likeness (QED) is 0.0842. The maximum Gasteiger partial charge on any atom is 0.332 e. The number of esters is 1. The Morgan fingerprint density at radius 2 is 1.02 bits per heavy atom. The molecule has 19 heteroatoms. The molecule has 4 N–H and O–H groups in total. The molecule has 2 unspecified atom stereocenters. The minimum atomic E-state index is -1.99. The molecule has 6 rings (SSSR count). The Morgan fingerprint density at radius 3 is 1.56 bits per heavy atom. The summed E-state index contributed by atoms with van der Waals surface area (Å²) in [5.74, 6) is -8.84. The van der Waals surface area contributed by atoms with Crippen molar-refractivity contribution in [2.75, 3.05) is 34.7 Å². The maximum atomic E-state index is 15.8. The van der Waals surface area contributed by atoms with Gasteiger partial charge in [-0.1, -0.05) is 185 Å². The van der Waals surface area contributed by atoms with Crippen molar-refractivity contribution in [1.29, 1.82) is 0 Å². The van der Waals surface area contributed by atoms with Gasteiger partial charge in [0.2, 0.25) is 41.4 Å². The molecule has 0 aliphatic carbocycles. The van der Waals surface area contributed by atoms with E-state index < -0.39 is 137 Å². The summed E-state index contributed by atoms with van der Waals surface area (Å²) in [7, 11) is 5.70. The van der Waals surface area contributed by atoms with Gasteiger partial charge >= 0.3 is 5.97 Å². The second-order valence-electron chi connectivity index (χ2n) is 26.8. The summed E-state index contributed by atoms with van der Waals surface area (Å²) in [6.07, 6.45) is -0.0872. The first-order valence-electron chi connectivity index (χ1n) is 32.4. The molecule has 0 radical (unpaired) electrons. The van der Waals surface area contributed by atoms with Gasteiger partial charge in [0.1, 0.15) is 42.3 Å². The lowest BCUT2D eigenvalue weighted by atomic mass is 9.93. The molecule has 8 amide bonds. The smallest absolute Gasteiger partial charge is 0.332 e. The van der Waals surface area contributed by atoms with E-state index in [0.717, 1.165) is 27.2 Å². The molecule has 4 aromatic carbocycles. The number of rotatable bonds is 15. The van der Waals surface area contributed by atoms with Gasteiger partial charge in [0.25, 0.3) is 5.91 Å². The van der Waals surface area contributed by atoms with E-state index in [9.17, 15) is 19.5 Å². The largest absolute Gasteiger partial charge is 0.450 e. The minimum Gasteiger partial charge on any atom is -0.450 e. The SMILES string of the molecule is CCC(C)[C@@H]1NC(=O)[C@@H]2CCCN2C(=O)[C@H](Cc2cccc(-c3ccc(-c4ccccc4)cc3)c2)N(C)C(=O)[C@H](Cc2ccccc2)NC(=O)[C@H](C(C)C)N(C)C(=O)[C@@H](C(C)CC)OC(=O)[C@H](C(C)(C)O)N(C)C(=O)[C@H](CC(C)C)NC(=O)[C@H](C(C)C)N(C)C1=O. The number of nitrogens with zero attached hydrogens (tertiary/aromatic N) is 5. The minimum absolute atomic E-state index is 0.0133. The highest BCUT2D eigenvalue weighted by Crippen LogP contribution is 2.30. The van der Waals surface area contributed by atoms with Crippen molar-refractivity contribution in [3.05, 3.63) is 120 Å². The van der Waals surface area contributed by atoms with Gasteiger partial charge in [-0.25, -0.2) is 4.79 Å². The predicted molar refractivity (Wildman–Crippen MR) is 352 cm³/mol. The number of hydrogen-bond donors (Lipinski definition) is 4. The fourth-order valence-electron chi connectivity index (χ4n) is 12.7. The summed E-state index contributed by atoms with van der Waals surface area (Å²) >= 11 is 0. The van der Waals surface area contributed by atoms with Crippen LogP contribution in [0.4, 0.5) is 0 Å². The molecular formula is C72H100N8O11. The van der Waals surface area contributed by atoms with E-state index in [1.807, 2.05) is 125 Å². The van der Waals surface area contributed by atoms with Crippen LogP contribution in [0.2, 0.25) is 0 Å². The first-order chi connectivity index (χ1) is 42.9. The number of cyclic esters (lactones) is 1. The molecule has 0 aromatic heterocycles. The average Bonchev–Trinajstić information content (AvgIpc) is 1.85. The summed E-state index contributed by atoms with van der Waals surface area (Å²) in [5, 5.41) is 20.7. The lowest BCUT2D eigenvalue weighted by Gasteiger charge is -2.39. The second-order valence-corrected chi connectivity index (χ2v) is 26.8. The first-order valence-corrected chi connectivity index (χ1v) is 32.4. The summed E-state index contributed by atoms with van der Waals surface area (Å²) in [4.78, 5) is 143. The van der Waals surface area contributed by atoms with Gasteiger partial charge in [0, 0.05) is 53.5 Å². The number of nitrogens with one attached hydrogen (secondary N) is 3. The van der Waals surface area contributed by atoms with Crippen LogP contribution in [0.15, 0.2) is 109 Å². The van der Waals surface area contributed by atoms with Crippen LogP contribution in [-0.2, 0) is 60.7 Å². The number of amides is 8. The Bertz CT molecular complexity index is 3170. The van der Waals surface area contributed by atoms with Crippen molar-refractivity contribution in [3.8, 4) is 22.3 Å². The van der Waals surface area contributed by atoms with Crippen LogP contribution in [0.3, 0.4) is 0 Å². The van der Waals surface area contributed by atoms with Gasteiger partial charge in [0.05, 0.1) is 5.60 Å². The Kier molecular flexibility index (Phi) is 25.3. The van der Waals surface area contributed by atoms with Gasteiger partial charge in [-0.05, 0) is 96.6 Å². The van der Waals surface area contributed by atoms with E-state index in [0.29, 0.717) is 30.4 Å². The van der Waals surface area contributed by atoms with Gasteiger partial charge in [-0.2, -0.15) is 0 Å². The molecule has 2 aliphatic rings. The van der Waals surface area contributed by atoms with Crippen LogP contribution in [0.25, 0.3) is 22.3 Å². The molecule has 11 atom stereocenters. The summed E-state index contributed by atoms with van der Waals surface area (Å²) in [6.45, 7) is 20.7. The number of carbonyl (C=O) groups excluding carboxylic acids is 9. The third kappa shape index (κ3) is 17.8. The van der Waals surface area contributed by atoms with Crippen LogP contribution >= 0.6 is 0 Å². The van der Waals surface area contributed by atoms with Crippen molar-refractivity contribution < 1.29 is 53.0 Å². The molecule has 4 aromatic rings. The molecule has 0 saturated carbocycles. The van der Waals surface area contributed by atoms with E-state index >= 15 is 28.8 Å². The van der Waals surface area contributed by atoms with E-state index in [4.69, 9.17) is 4.74 Å². The monoisotopic (exact) mass is 1250 g/mol. The van der Waals surface area contributed by atoms with Crippen LogP contribution < -0.4 is 16.0 Å². The number of hydrogen-bond acceptors (Lipinski definition) is 11. The molecule has 0 spiro atoms. The zero-order chi connectivity index (χ0) is 67.3. The molecule has 494 valence electrons. The number of ether oxygens (including phenoxy) is 1. The molecule has 91 heavy (non-hydrogen) atoms. The lowest BCUT2D eigenvalue weighted by molar-refractivity contribution is -0.177. The third-order valence-corrected chi connectivity index (χ3v) is 18.2. The van der Waals surface area contributed by atoms with Crippen molar-refractivity contribution >= 4 is 53.2 Å². The number of likely N-dealkylation sites (N-methyl/N-ethyl adjacent to an activating group) is 4. The van der Waals surface area contributed by atoms with E-state index in [2.05, 4.69) is 16.0 Å². The highest BCUT2D eigenvalue weighted by molar-refractivity contribution is 5.99. The molecule has 2 fully saturated rings. The van der Waals surface area contributed by atoms with Crippen molar-refractivity contribution in [3.63, 3.8) is 0 Å². The molecular weight excluding hydrogens is 1150 g/mol. The summed E-state index contributed by atoms with van der Waals surface area (Å²) < 4.78 is 6.15. The third-order valence-electron chi connectivity index (χ3n) is 18.2. The number of carbonyl (C=O) groups is 9. The highest BCUT2D eigenvalue weighted by atomic mass is 16.6. The van der Waals surface area contributed by atoms with Gasteiger partial charge in [-0.15, -0.1) is 0 Å². The number of aliphatic hydroxyl groups is 1. The Hall–Kier alpha value is -7.93. The van der Waals surface area contributed by atoms with Crippen molar-refractivity contribution in [1.82, 2.24) is 40.4 Å². The van der Waals surface area contributed by atoms with Crippen molar-refractivity contribution in [2.45, 2.75) is 188 Å². The lowest BCUT2D eigenvalue weighted by Crippen LogP contribution is -2.63. The predicted octanol–water partition coefficient (Wildman–Crippen LogP) is 7.71. The normalized spacial score (nSPS) is 24.5. The zero-order valence-corrected chi connectivity index (χ0v) is 56.4. The maximum absolute atomic E-state index is 15.8. The van der Waals surface area contributed by atoms with Crippen LogP contribution in [0.5, 0.6) is 0 Å². The molecule has 19 nitrogen and oxygen atoms in total. The number of benzene rings is 4. The van der Waals surface area contributed by atoms with Crippen LogP contribution in [0, 0.1) is 29.6 Å². The fourth-order valence-corrected chi connectivity index (χ4v) is 12.7.